The molecule has 0 spiro atoms. The molecule has 4 rings (SSSR count). The first kappa shape index (κ1) is 24.1. The minimum Gasteiger partial charge on any atom is -0.497 e. The second-order valence-corrected chi connectivity index (χ2v) is 10.1. The average Bonchev–Trinajstić information content (AvgIpc) is 3.39. The van der Waals surface area contributed by atoms with Crippen LogP contribution in [0.5, 0.6) is 5.75 Å². The van der Waals surface area contributed by atoms with Gasteiger partial charge in [-0.2, -0.15) is 0 Å². The van der Waals surface area contributed by atoms with Gasteiger partial charge >= 0.3 is 16.6 Å². The van der Waals surface area contributed by atoms with E-state index in [0.29, 0.717) is 22.0 Å². The predicted octanol–water partition coefficient (Wildman–Crippen LogP) is 3.49. The number of nitrogens with zero attached hydrogens (tertiary/aromatic N) is 1. The number of hydrogen-bond acceptors (Lipinski definition) is 8. The Morgan fingerprint density at radius 3 is 2.71 bits per heavy atom. The lowest BCUT2D eigenvalue weighted by atomic mass is 9.95. The minimum atomic E-state index is -0.641. The molecule has 2 heterocycles. The molecule has 1 aliphatic carbocycles. The van der Waals surface area contributed by atoms with Gasteiger partial charge in [0.1, 0.15) is 10.8 Å². The maximum Gasteiger partial charge on any atom is 0.442 e. The number of hydrogen-bond donors (Lipinski definition) is 2. The number of aromatic amines is 1. The molecule has 2 aromatic heterocycles. The van der Waals surface area contributed by atoms with Gasteiger partial charge < -0.3 is 14.8 Å². The van der Waals surface area contributed by atoms with Crippen molar-refractivity contribution in [1.82, 2.24) is 5.27 Å². The number of aromatic nitrogens is 2. The molecule has 9 nitrogen and oxygen atoms in total. The van der Waals surface area contributed by atoms with E-state index in [2.05, 4.69) is 10.6 Å². The molecule has 1 atom stereocenters. The van der Waals surface area contributed by atoms with Gasteiger partial charge in [-0.1, -0.05) is 0 Å². The Labute approximate surface area is 204 Å². The largest absolute Gasteiger partial charge is 0.497 e. The van der Waals surface area contributed by atoms with Gasteiger partial charge in [0.25, 0.3) is 0 Å². The number of anilines is 1. The molecule has 2 N–H and O–H groups in total. The molecule has 0 radical (unpaired) electrons. The monoisotopic (exact) mass is 504 g/mol. The lowest BCUT2D eigenvalue weighted by Crippen LogP contribution is -2.37. The van der Waals surface area contributed by atoms with Crippen molar-refractivity contribution in [2.45, 2.75) is 49.8 Å². The van der Waals surface area contributed by atoms with Crippen molar-refractivity contribution in [3.05, 3.63) is 50.7 Å². The topological polar surface area (TPSA) is 115 Å². The standard InChI is InChI=1S/C23H25N3O6S2/c1-4-31-22(28)18-16-7-5-6-8-17(16)34-20(18)24-19(27)13(2)33-21-23(29)32-25-26(21)14-9-11-15(30-3)12-10-14/h9-13H,4-8H2,1-3H3,(H-,24,25,27,28,29)/p+1. The van der Waals surface area contributed by atoms with Crippen molar-refractivity contribution < 1.29 is 28.3 Å². The first-order valence-electron chi connectivity index (χ1n) is 11.0. The first-order chi connectivity index (χ1) is 16.4. The van der Waals surface area contributed by atoms with Gasteiger partial charge in [0, 0.05) is 17.0 Å². The van der Waals surface area contributed by atoms with Gasteiger partial charge in [-0.25, -0.2) is 9.59 Å². The summed E-state index contributed by atoms with van der Waals surface area (Å²) in [5.74, 6) is -0.0645. The maximum atomic E-state index is 13.1. The van der Waals surface area contributed by atoms with Crippen LogP contribution in [-0.4, -0.2) is 36.1 Å². The number of thiophene rings is 1. The van der Waals surface area contributed by atoms with Gasteiger partial charge in [0.2, 0.25) is 11.6 Å². The van der Waals surface area contributed by atoms with Crippen molar-refractivity contribution in [3.8, 4) is 11.4 Å². The number of amides is 1. The summed E-state index contributed by atoms with van der Waals surface area (Å²) in [5.41, 5.74) is 1.51. The lowest BCUT2D eigenvalue weighted by Gasteiger charge is -2.13. The van der Waals surface area contributed by atoms with E-state index in [-0.39, 0.29) is 17.5 Å². The lowest BCUT2D eigenvalue weighted by molar-refractivity contribution is -0.704. The molecule has 0 bridgehead atoms. The smallest absolute Gasteiger partial charge is 0.442 e. The molecular formula is C23H26N3O6S2+. The van der Waals surface area contributed by atoms with E-state index in [9.17, 15) is 14.4 Å². The molecule has 1 amide bonds. The van der Waals surface area contributed by atoms with Crippen LogP contribution in [0.2, 0.25) is 0 Å². The molecule has 3 aromatic rings. The predicted molar refractivity (Wildman–Crippen MR) is 128 cm³/mol. The van der Waals surface area contributed by atoms with Gasteiger partial charge in [-0.3, -0.25) is 9.32 Å². The average molecular weight is 505 g/mol. The van der Waals surface area contributed by atoms with E-state index in [1.54, 1.807) is 45.2 Å². The summed E-state index contributed by atoms with van der Waals surface area (Å²) >= 11 is 2.50. The van der Waals surface area contributed by atoms with Gasteiger partial charge in [0.05, 0.1) is 24.5 Å². The highest BCUT2D eigenvalue weighted by Gasteiger charge is 2.31. The summed E-state index contributed by atoms with van der Waals surface area (Å²) in [5, 5.41) is 5.56. The molecule has 0 fully saturated rings. The summed E-state index contributed by atoms with van der Waals surface area (Å²) < 4.78 is 16.9. The number of methoxy groups -OCH3 is 1. The number of nitrogens with one attached hydrogen (secondary N) is 2. The number of aryl methyl sites for hydroxylation is 1. The molecule has 34 heavy (non-hydrogen) atoms. The highest BCUT2D eigenvalue weighted by atomic mass is 32.2. The number of carbonyl (C=O) groups is 2. The van der Waals surface area contributed by atoms with E-state index in [0.717, 1.165) is 47.9 Å². The molecule has 1 aromatic carbocycles. The van der Waals surface area contributed by atoms with Gasteiger partial charge in [-0.05, 0) is 78.9 Å². The molecule has 1 unspecified atom stereocenters. The highest BCUT2D eigenvalue weighted by molar-refractivity contribution is 8.00. The zero-order chi connectivity index (χ0) is 24.2. The molecule has 0 saturated carbocycles. The van der Waals surface area contributed by atoms with Crippen LogP contribution >= 0.6 is 23.1 Å². The normalized spacial score (nSPS) is 13.7. The van der Waals surface area contributed by atoms with Crippen molar-refractivity contribution in [2.75, 3.05) is 19.0 Å². The molecule has 11 heteroatoms. The van der Waals surface area contributed by atoms with Crippen molar-refractivity contribution in [2.24, 2.45) is 0 Å². The number of rotatable bonds is 8. The summed E-state index contributed by atoms with van der Waals surface area (Å²) in [6.07, 6.45) is 3.75. The van der Waals surface area contributed by atoms with Gasteiger partial charge in [-0.15, -0.1) is 11.3 Å². The van der Waals surface area contributed by atoms with Crippen LogP contribution in [0.4, 0.5) is 5.00 Å². The Kier molecular flexibility index (Phi) is 7.42. The quantitative estimate of drug-likeness (QED) is 0.274. The summed E-state index contributed by atoms with van der Waals surface area (Å²) in [7, 11) is 1.57. The van der Waals surface area contributed by atoms with Crippen molar-refractivity contribution in [3.63, 3.8) is 0 Å². The van der Waals surface area contributed by atoms with Crippen molar-refractivity contribution >= 4 is 40.0 Å². The number of fused-ring (bicyclic) bond motifs is 1. The van der Waals surface area contributed by atoms with E-state index in [1.807, 2.05) is 0 Å². The molecule has 1 aliphatic rings. The zero-order valence-electron chi connectivity index (χ0n) is 19.1. The van der Waals surface area contributed by atoms with E-state index in [1.165, 1.54) is 16.0 Å². The maximum absolute atomic E-state index is 13.1. The number of H-pyrrole nitrogens is 1. The number of esters is 1. The number of carbonyl (C=O) groups excluding carboxylic acids is 2. The Morgan fingerprint density at radius 1 is 1.26 bits per heavy atom. The van der Waals surface area contributed by atoms with Gasteiger partial charge in [0.15, 0.2) is 0 Å². The first-order valence-corrected chi connectivity index (χ1v) is 12.7. The third-order valence-electron chi connectivity index (χ3n) is 5.48. The number of benzene rings is 1. The third kappa shape index (κ3) is 4.90. The minimum absolute atomic E-state index is 0.226. The molecule has 180 valence electrons. The second kappa shape index (κ2) is 10.5. The fourth-order valence-corrected chi connectivity index (χ4v) is 5.94. The summed E-state index contributed by atoms with van der Waals surface area (Å²) in [4.78, 5) is 39.2. The van der Waals surface area contributed by atoms with Crippen LogP contribution in [0, 0.1) is 0 Å². The fraction of sp³-hybridized carbons (Fsp3) is 0.391. The number of thioether (sulfide) groups is 1. The SMILES string of the molecule is CCOC(=O)c1c(NC(=O)C(C)Sc2c(=O)o[nH][n+]2-c2ccc(OC)cc2)sc2c1CCCC2. The van der Waals surface area contributed by atoms with E-state index < -0.39 is 16.8 Å². The van der Waals surface area contributed by atoms with Crippen LogP contribution in [0.15, 0.2) is 38.6 Å². The Bertz CT molecular complexity index is 1240. The van der Waals surface area contributed by atoms with Crippen LogP contribution in [0.3, 0.4) is 0 Å². The van der Waals surface area contributed by atoms with Crippen LogP contribution in [-0.2, 0) is 22.4 Å². The third-order valence-corrected chi connectivity index (χ3v) is 7.83. The van der Waals surface area contributed by atoms with Crippen LogP contribution in [0.1, 0.15) is 47.5 Å². The number of ether oxygens (including phenoxy) is 2. The zero-order valence-corrected chi connectivity index (χ0v) is 20.8. The molecule has 0 aliphatic heterocycles. The Hall–Kier alpha value is -3.05. The Balaban J connectivity index is 1.55. The fourth-order valence-electron chi connectivity index (χ4n) is 3.77. The summed E-state index contributed by atoms with van der Waals surface area (Å²) in [6, 6.07) is 7.04. The van der Waals surface area contributed by atoms with E-state index in [4.69, 9.17) is 14.0 Å². The van der Waals surface area contributed by atoms with Crippen LogP contribution < -0.4 is 20.4 Å². The van der Waals surface area contributed by atoms with E-state index >= 15 is 0 Å². The highest BCUT2D eigenvalue weighted by Crippen LogP contribution is 2.39. The van der Waals surface area contributed by atoms with Crippen LogP contribution in [0.25, 0.3) is 5.69 Å². The second-order valence-electron chi connectivity index (χ2n) is 7.70. The Morgan fingerprint density at radius 2 is 2.00 bits per heavy atom. The molecule has 0 saturated heterocycles. The van der Waals surface area contributed by atoms with Crippen molar-refractivity contribution in [1.29, 1.82) is 0 Å². The summed E-state index contributed by atoms with van der Waals surface area (Å²) in [6.45, 7) is 3.72. The molecular weight excluding hydrogens is 478 g/mol.